The molecule has 12 heteroatoms. The van der Waals surface area contributed by atoms with Crippen molar-refractivity contribution in [3.63, 3.8) is 0 Å². The van der Waals surface area contributed by atoms with E-state index in [-0.39, 0.29) is 29.5 Å². The molecular formula is C24H21Cl2N3O6S. The van der Waals surface area contributed by atoms with Gasteiger partial charge in [0.2, 0.25) is 0 Å². The molecule has 2 aromatic heterocycles. The van der Waals surface area contributed by atoms with Crippen molar-refractivity contribution in [2.45, 2.75) is 11.8 Å². The minimum Gasteiger partial charge on any atom is -0.493 e. The molecule has 0 unspecified atom stereocenters. The Labute approximate surface area is 217 Å². The van der Waals surface area contributed by atoms with Gasteiger partial charge in [-0.2, -0.15) is 8.42 Å². The maximum absolute atomic E-state index is 12.7. The second-order valence-corrected chi connectivity index (χ2v) is 9.82. The van der Waals surface area contributed by atoms with E-state index in [9.17, 15) is 13.2 Å². The molecule has 0 fully saturated rings. The largest absolute Gasteiger partial charge is 0.493 e. The Kier molecular flexibility index (Phi) is 7.58. The van der Waals surface area contributed by atoms with Gasteiger partial charge in [-0.15, -0.1) is 0 Å². The molecule has 0 aliphatic carbocycles. The summed E-state index contributed by atoms with van der Waals surface area (Å²) in [5, 5.41) is 3.92. The van der Waals surface area contributed by atoms with E-state index in [2.05, 4.69) is 10.3 Å². The fourth-order valence-corrected chi connectivity index (χ4v) is 4.63. The molecule has 0 saturated heterocycles. The molecule has 0 spiro atoms. The standard InChI is InChI=1S/C24H21Cl2N3O6S/c1-3-34-22(30)13-27-24-23(28-21-11-7-17(26)14-29(21)24)15-4-10-19(20(12-15)33-2)35-36(31,32)18-8-5-16(25)6-9-18/h4-12,14,27H,3,13H2,1-2H3. The summed E-state index contributed by atoms with van der Waals surface area (Å²) < 4.78 is 42.9. The number of nitrogens with one attached hydrogen (secondary N) is 1. The van der Waals surface area contributed by atoms with Gasteiger partial charge in [-0.05, 0) is 61.5 Å². The van der Waals surface area contributed by atoms with Gasteiger partial charge in [0.15, 0.2) is 11.5 Å². The smallest absolute Gasteiger partial charge is 0.339 e. The number of carbonyl (C=O) groups is 1. The Morgan fingerprint density at radius 1 is 1.03 bits per heavy atom. The first-order valence-electron chi connectivity index (χ1n) is 10.7. The Bertz CT molecular complexity index is 1520. The van der Waals surface area contributed by atoms with Crippen LogP contribution in [0, 0.1) is 0 Å². The third-order valence-electron chi connectivity index (χ3n) is 5.03. The molecule has 1 N–H and O–H groups in total. The summed E-state index contributed by atoms with van der Waals surface area (Å²) in [6.45, 7) is 1.88. The van der Waals surface area contributed by atoms with Crippen LogP contribution in [-0.4, -0.2) is 44.0 Å². The minimum absolute atomic E-state index is 0.0101. The highest BCUT2D eigenvalue weighted by Gasteiger charge is 2.22. The second-order valence-electron chi connectivity index (χ2n) is 7.40. The van der Waals surface area contributed by atoms with Gasteiger partial charge in [0.1, 0.15) is 28.6 Å². The lowest BCUT2D eigenvalue weighted by Crippen LogP contribution is -2.17. The molecule has 9 nitrogen and oxygen atoms in total. The van der Waals surface area contributed by atoms with E-state index in [1.807, 2.05) is 0 Å². The van der Waals surface area contributed by atoms with E-state index in [4.69, 9.17) is 36.9 Å². The maximum atomic E-state index is 12.7. The molecule has 0 aliphatic rings. The molecular weight excluding hydrogens is 529 g/mol. The number of nitrogens with zero attached hydrogens (tertiary/aromatic N) is 2. The van der Waals surface area contributed by atoms with Crippen molar-refractivity contribution in [2.24, 2.45) is 0 Å². The van der Waals surface area contributed by atoms with Crippen LogP contribution in [0.15, 0.2) is 65.7 Å². The monoisotopic (exact) mass is 549 g/mol. The Morgan fingerprint density at radius 3 is 2.44 bits per heavy atom. The molecule has 0 amide bonds. The average Bonchev–Trinajstić information content (AvgIpc) is 3.20. The van der Waals surface area contributed by atoms with Crippen molar-refractivity contribution in [1.29, 1.82) is 0 Å². The van der Waals surface area contributed by atoms with Crippen molar-refractivity contribution in [3.8, 4) is 22.8 Å². The van der Waals surface area contributed by atoms with Gasteiger partial charge in [0.05, 0.1) is 18.7 Å². The Hall–Kier alpha value is -3.47. The normalized spacial score (nSPS) is 11.3. The van der Waals surface area contributed by atoms with Crippen LogP contribution in [0.1, 0.15) is 6.92 Å². The van der Waals surface area contributed by atoms with Crippen molar-refractivity contribution >= 4 is 50.8 Å². The maximum Gasteiger partial charge on any atom is 0.339 e. The number of rotatable bonds is 9. The molecule has 2 heterocycles. The van der Waals surface area contributed by atoms with Gasteiger partial charge >= 0.3 is 16.1 Å². The number of aromatic nitrogens is 2. The number of anilines is 1. The zero-order valence-electron chi connectivity index (χ0n) is 19.2. The van der Waals surface area contributed by atoms with E-state index < -0.39 is 16.1 Å². The molecule has 0 radical (unpaired) electrons. The van der Waals surface area contributed by atoms with Gasteiger partial charge in [0.25, 0.3) is 0 Å². The van der Waals surface area contributed by atoms with Gasteiger partial charge in [0, 0.05) is 16.8 Å². The Morgan fingerprint density at radius 2 is 1.75 bits per heavy atom. The van der Waals surface area contributed by atoms with Crippen molar-refractivity contribution in [1.82, 2.24) is 9.38 Å². The number of hydrogen-bond donors (Lipinski definition) is 1. The number of pyridine rings is 1. The second kappa shape index (κ2) is 10.7. The van der Waals surface area contributed by atoms with E-state index in [0.717, 1.165) is 0 Å². The highest BCUT2D eigenvalue weighted by Crippen LogP contribution is 2.37. The SMILES string of the molecule is CCOC(=O)CNc1c(-c2ccc(OS(=O)(=O)c3ccc(Cl)cc3)c(OC)c2)nc2ccc(Cl)cn12. The lowest BCUT2D eigenvalue weighted by atomic mass is 10.1. The number of benzene rings is 2. The highest BCUT2D eigenvalue weighted by atomic mass is 35.5. The van der Waals surface area contributed by atoms with Crippen LogP contribution in [0.4, 0.5) is 5.82 Å². The number of halogens is 2. The first-order valence-corrected chi connectivity index (χ1v) is 12.8. The number of methoxy groups -OCH3 is 1. The van der Waals surface area contributed by atoms with Gasteiger partial charge < -0.3 is 19.0 Å². The summed E-state index contributed by atoms with van der Waals surface area (Å²) in [5.41, 5.74) is 1.63. The van der Waals surface area contributed by atoms with Crippen LogP contribution < -0.4 is 14.2 Å². The first-order chi connectivity index (χ1) is 17.2. The summed E-state index contributed by atoms with van der Waals surface area (Å²) >= 11 is 12.0. The predicted molar refractivity (Wildman–Crippen MR) is 137 cm³/mol. The van der Waals surface area contributed by atoms with Gasteiger partial charge in [-0.3, -0.25) is 9.20 Å². The van der Waals surface area contributed by atoms with Crippen LogP contribution >= 0.6 is 23.2 Å². The van der Waals surface area contributed by atoms with Gasteiger partial charge in [-0.25, -0.2) is 4.98 Å². The fourth-order valence-electron chi connectivity index (χ4n) is 3.41. The number of ether oxygens (including phenoxy) is 2. The minimum atomic E-state index is -4.13. The molecule has 0 atom stereocenters. The first kappa shape index (κ1) is 25.6. The molecule has 2 aromatic carbocycles. The zero-order chi connectivity index (χ0) is 25.9. The van der Waals surface area contributed by atoms with Crippen molar-refractivity contribution in [3.05, 3.63) is 70.8 Å². The highest BCUT2D eigenvalue weighted by molar-refractivity contribution is 7.87. The summed E-state index contributed by atoms with van der Waals surface area (Å²) in [7, 11) is -2.74. The van der Waals surface area contributed by atoms with Crippen molar-refractivity contribution in [2.75, 3.05) is 25.6 Å². The topological polar surface area (TPSA) is 108 Å². The summed E-state index contributed by atoms with van der Waals surface area (Å²) in [6.07, 6.45) is 1.66. The van der Waals surface area contributed by atoms with E-state index in [1.165, 1.54) is 37.4 Å². The number of esters is 1. The lowest BCUT2D eigenvalue weighted by molar-refractivity contribution is -0.140. The number of fused-ring (bicyclic) bond motifs is 1. The molecule has 4 rings (SSSR count). The van der Waals surface area contributed by atoms with E-state index in [0.29, 0.717) is 32.8 Å². The Balaban J connectivity index is 1.72. The van der Waals surface area contributed by atoms with Crippen LogP contribution in [0.2, 0.25) is 10.0 Å². The zero-order valence-corrected chi connectivity index (χ0v) is 21.5. The third-order valence-corrected chi connectivity index (χ3v) is 6.75. The van der Waals surface area contributed by atoms with Crippen molar-refractivity contribution < 1.29 is 26.9 Å². The number of carbonyl (C=O) groups excluding carboxylic acids is 1. The summed E-state index contributed by atoms with van der Waals surface area (Å²) in [5.74, 6) is 0.208. The van der Waals surface area contributed by atoms with Crippen LogP contribution in [0.5, 0.6) is 11.5 Å². The van der Waals surface area contributed by atoms with E-state index >= 15 is 0 Å². The molecule has 0 bridgehead atoms. The predicted octanol–water partition coefficient (Wildman–Crippen LogP) is 5.06. The molecule has 4 aromatic rings. The fraction of sp³-hybridized carbons (Fsp3) is 0.167. The molecule has 0 aliphatic heterocycles. The third kappa shape index (κ3) is 5.51. The van der Waals surface area contributed by atoms with Gasteiger partial charge in [-0.1, -0.05) is 23.2 Å². The number of imidazole rings is 1. The molecule has 0 saturated carbocycles. The van der Waals surface area contributed by atoms with Crippen LogP contribution in [0.25, 0.3) is 16.9 Å². The van der Waals surface area contributed by atoms with Crippen LogP contribution in [-0.2, 0) is 19.6 Å². The quantitative estimate of drug-likeness (QED) is 0.228. The van der Waals surface area contributed by atoms with E-state index in [1.54, 1.807) is 41.8 Å². The average molecular weight is 550 g/mol. The number of hydrogen-bond acceptors (Lipinski definition) is 8. The summed E-state index contributed by atoms with van der Waals surface area (Å²) in [6, 6.07) is 13.7. The molecule has 188 valence electrons. The molecule has 36 heavy (non-hydrogen) atoms. The van der Waals surface area contributed by atoms with Crippen LogP contribution in [0.3, 0.4) is 0 Å². The summed E-state index contributed by atoms with van der Waals surface area (Å²) in [4.78, 5) is 16.6. The lowest BCUT2D eigenvalue weighted by Gasteiger charge is -2.13.